The van der Waals surface area contributed by atoms with Gasteiger partial charge in [-0.3, -0.25) is 4.98 Å². The molecule has 364 valence electrons. The SMILES string of the molecule is CCCCCCc1cc(CCCCCC)cc(C2(C)c3cc(-c4ncc(-c5nc(-c6ccc(C(C)(C)C)cc6)nc(-c6ccc(C(C)(C)C)cc6)n5)c5ccccc45)ccc3-c3cc4ccccc4cc32)c1. The average molecular weight is 945 g/mol. The third kappa shape index (κ3) is 9.65. The number of hydrogen-bond donors (Lipinski definition) is 0. The van der Waals surface area contributed by atoms with Gasteiger partial charge in [0.1, 0.15) is 0 Å². The van der Waals surface area contributed by atoms with Gasteiger partial charge in [-0.25, -0.2) is 15.0 Å². The van der Waals surface area contributed by atoms with Gasteiger partial charge in [0.15, 0.2) is 17.5 Å². The molecule has 0 fully saturated rings. The maximum Gasteiger partial charge on any atom is 0.166 e. The molecule has 9 aromatic rings. The van der Waals surface area contributed by atoms with E-state index in [-0.39, 0.29) is 16.2 Å². The number of benzene rings is 7. The summed E-state index contributed by atoms with van der Waals surface area (Å²) in [5, 5.41) is 4.67. The van der Waals surface area contributed by atoms with Crippen molar-refractivity contribution >= 4 is 21.5 Å². The lowest BCUT2D eigenvalue weighted by Crippen LogP contribution is -2.23. The molecule has 0 amide bonds. The first-order valence-electron chi connectivity index (χ1n) is 26.9. The molecule has 2 aromatic heterocycles. The number of hydrogen-bond acceptors (Lipinski definition) is 4. The molecule has 7 aromatic carbocycles. The molecule has 4 nitrogen and oxygen atoms in total. The van der Waals surface area contributed by atoms with Crippen molar-refractivity contribution in [1.29, 1.82) is 0 Å². The van der Waals surface area contributed by atoms with E-state index >= 15 is 0 Å². The fraction of sp³-hybridized carbons (Fsp3) is 0.324. The molecule has 0 saturated heterocycles. The second kappa shape index (κ2) is 20.0. The first-order valence-corrected chi connectivity index (χ1v) is 26.9. The maximum absolute atomic E-state index is 5.40. The van der Waals surface area contributed by atoms with Crippen LogP contribution in [0.5, 0.6) is 0 Å². The lowest BCUT2D eigenvalue weighted by molar-refractivity contribution is 0.590. The highest BCUT2D eigenvalue weighted by Crippen LogP contribution is 2.55. The van der Waals surface area contributed by atoms with E-state index in [0.717, 1.165) is 51.6 Å². The molecule has 1 aliphatic rings. The summed E-state index contributed by atoms with van der Waals surface area (Å²) >= 11 is 0. The zero-order valence-corrected chi connectivity index (χ0v) is 44.3. The van der Waals surface area contributed by atoms with Gasteiger partial charge in [-0.1, -0.05) is 221 Å². The molecular formula is C68H72N4. The number of aromatic nitrogens is 4. The molecule has 1 aliphatic carbocycles. The Morgan fingerprint density at radius 2 is 0.931 bits per heavy atom. The third-order valence-electron chi connectivity index (χ3n) is 15.5. The Bertz CT molecular complexity index is 3300. The van der Waals surface area contributed by atoms with E-state index < -0.39 is 0 Å². The highest BCUT2D eigenvalue weighted by Gasteiger charge is 2.42. The Labute approximate surface area is 429 Å². The summed E-state index contributed by atoms with van der Waals surface area (Å²) in [6.45, 7) is 20.6. The molecule has 0 aliphatic heterocycles. The molecule has 2 heterocycles. The molecule has 72 heavy (non-hydrogen) atoms. The summed E-state index contributed by atoms with van der Waals surface area (Å²) in [4.78, 5) is 21.1. The van der Waals surface area contributed by atoms with Gasteiger partial charge in [0, 0.05) is 39.3 Å². The number of nitrogens with zero attached hydrogens (tertiary/aromatic N) is 4. The van der Waals surface area contributed by atoms with E-state index in [1.54, 1.807) is 0 Å². The summed E-state index contributed by atoms with van der Waals surface area (Å²) < 4.78 is 0. The molecule has 1 unspecified atom stereocenters. The minimum atomic E-state index is -0.383. The second-order valence-corrected chi connectivity index (χ2v) is 22.8. The summed E-state index contributed by atoms with van der Waals surface area (Å²) in [5.74, 6) is 1.89. The van der Waals surface area contributed by atoms with Crippen LogP contribution in [0.25, 0.3) is 78.1 Å². The number of rotatable bonds is 15. The quantitative estimate of drug-likeness (QED) is 0.0961. The van der Waals surface area contributed by atoms with Gasteiger partial charge in [0.05, 0.1) is 5.69 Å². The molecule has 0 radical (unpaired) electrons. The zero-order valence-electron chi connectivity index (χ0n) is 44.3. The van der Waals surface area contributed by atoms with Crippen molar-refractivity contribution in [3.63, 3.8) is 0 Å². The van der Waals surface area contributed by atoms with Gasteiger partial charge in [0.2, 0.25) is 0 Å². The number of aryl methyl sites for hydroxylation is 2. The van der Waals surface area contributed by atoms with Gasteiger partial charge < -0.3 is 0 Å². The number of pyridine rings is 1. The normalized spacial score (nSPS) is 14.5. The van der Waals surface area contributed by atoms with Crippen molar-refractivity contribution in [2.45, 2.75) is 143 Å². The summed E-state index contributed by atoms with van der Waals surface area (Å²) in [6.07, 6.45) is 14.3. The lowest BCUT2D eigenvalue weighted by Gasteiger charge is -2.30. The van der Waals surface area contributed by atoms with Crippen LogP contribution in [0.4, 0.5) is 0 Å². The van der Waals surface area contributed by atoms with E-state index in [1.807, 2.05) is 6.20 Å². The highest BCUT2D eigenvalue weighted by atomic mass is 15.0. The van der Waals surface area contributed by atoms with Crippen molar-refractivity contribution < 1.29 is 0 Å². The standard InChI is InChI=1S/C68H72N4/c1-10-12-14-16-22-45-38-46(23-17-15-13-11-2)40-54(39-45)68(9)60-43-51(32-37-56(60)58-41-49-24-18-19-25-50(49)42-61(58)68)62-57-27-21-20-26-55(57)59(44-69-62)65-71-63(47-28-33-52(34-29-47)66(3,4)5)70-64(72-65)48-30-35-53(36-31-48)67(6,7)8/h18-21,24-44H,10-17,22-23H2,1-9H3. The fourth-order valence-electron chi connectivity index (χ4n) is 11.1. The smallest absolute Gasteiger partial charge is 0.166 e. The Morgan fingerprint density at radius 1 is 0.431 bits per heavy atom. The summed E-state index contributed by atoms with van der Waals surface area (Å²) in [6, 6.07) is 54.6. The largest absolute Gasteiger partial charge is 0.255 e. The van der Waals surface area contributed by atoms with Crippen molar-refractivity contribution in [2.24, 2.45) is 0 Å². The number of unbranched alkanes of at least 4 members (excludes halogenated alkanes) is 6. The van der Waals surface area contributed by atoms with Crippen LogP contribution in [0.15, 0.2) is 152 Å². The lowest BCUT2D eigenvalue weighted by atomic mass is 9.72. The van der Waals surface area contributed by atoms with E-state index in [9.17, 15) is 0 Å². The molecule has 4 heteroatoms. The first-order chi connectivity index (χ1) is 34.7. The van der Waals surface area contributed by atoms with E-state index in [0.29, 0.717) is 17.5 Å². The third-order valence-corrected chi connectivity index (χ3v) is 15.5. The van der Waals surface area contributed by atoms with Gasteiger partial charge in [-0.05, 0) is 128 Å². The van der Waals surface area contributed by atoms with Crippen molar-refractivity contribution in [1.82, 2.24) is 19.9 Å². The van der Waals surface area contributed by atoms with Crippen molar-refractivity contribution in [3.8, 4) is 56.5 Å². The topological polar surface area (TPSA) is 51.6 Å². The minimum Gasteiger partial charge on any atom is -0.255 e. The van der Waals surface area contributed by atoms with Crippen molar-refractivity contribution in [3.05, 3.63) is 191 Å². The fourth-order valence-corrected chi connectivity index (χ4v) is 11.1. The molecule has 0 N–H and O–H groups in total. The van der Waals surface area contributed by atoms with Gasteiger partial charge >= 0.3 is 0 Å². The van der Waals surface area contributed by atoms with Crippen LogP contribution in [0.2, 0.25) is 0 Å². The maximum atomic E-state index is 5.40. The summed E-state index contributed by atoms with van der Waals surface area (Å²) in [5.41, 5.74) is 16.7. The van der Waals surface area contributed by atoms with Gasteiger partial charge in [0.25, 0.3) is 0 Å². The molecule has 0 saturated carbocycles. The molecule has 1 atom stereocenters. The predicted molar refractivity (Wildman–Crippen MR) is 305 cm³/mol. The second-order valence-electron chi connectivity index (χ2n) is 22.8. The average Bonchev–Trinajstić information content (AvgIpc) is 3.63. The van der Waals surface area contributed by atoms with Crippen LogP contribution in [0.1, 0.15) is 153 Å². The van der Waals surface area contributed by atoms with Crippen LogP contribution in [0.3, 0.4) is 0 Å². The van der Waals surface area contributed by atoms with Crippen LogP contribution in [-0.4, -0.2) is 19.9 Å². The Balaban J connectivity index is 1.12. The Kier molecular flexibility index (Phi) is 13.6. The van der Waals surface area contributed by atoms with Gasteiger partial charge in [-0.15, -0.1) is 0 Å². The van der Waals surface area contributed by atoms with Crippen LogP contribution >= 0.6 is 0 Å². The first kappa shape index (κ1) is 48.8. The van der Waals surface area contributed by atoms with E-state index in [4.69, 9.17) is 19.9 Å². The minimum absolute atomic E-state index is 0.0287. The Hall–Kier alpha value is -6.78. The van der Waals surface area contributed by atoms with Crippen molar-refractivity contribution in [2.75, 3.05) is 0 Å². The molecule has 0 spiro atoms. The van der Waals surface area contributed by atoms with Crippen LogP contribution in [-0.2, 0) is 29.1 Å². The highest BCUT2D eigenvalue weighted by molar-refractivity contribution is 6.03. The predicted octanol–water partition coefficient (Wildman–Crippen LogP) is 18.4. The zero-order chi connectivity index (χ0) is 50.2. The Morgan fingerprint density at radius 3 is 1.49 bits per heavy atom. The molecular weight excluding hydrogens is 873 g/mol. The van der Waals surface area contributed by atoms with Crippen LogP contribution in [0, 0.1) is 0 Å². The van der Waals surface area contributed by atoms with Gasteiger partial charge in [-0.2, -0.15) is 0 Å². The number of fused-ring (bicyclic) bond motifs is 5. The molecule has 10 rings (SSSR count). The van der Waals surface area contributed by atoms with E-state index in [1.165, 1.54) is 112 Å². The van der Waals surface area contributed by atoms with Crippen LogP contribution < -0.4 is 0 Å². The molecule has 0 bridgehead atoms. The summed E-state index contributed by atoms with van der Waals surface area (Å²) in [7, 11) is 0. The monoisotopic (exact) mass is 945 g/mol. The van der Waals surface area contributed by atoms with E-state index in [2.05, 4.69) is 208 Å².